The molecule has 0 aromatic heterocycles. The van der Waals surface area contributed by atoms with E-state index in [2.05, 4.69) is 0 Å². The van der Waals surface area contributed by atoms with E-state index in [0.29, 0.717) is 15.1 Å². The van der Waals surface area contributed by atoms with Gasteiger partial charge in [-0.1, -0.05) is 53.0 Å². The number of rotatable bonds is 5. The quantitative estimate of drug-likeness (QED) is 0.469. The van der Waals surface area contributed by atoms with Gasteiger partial charge in [0.05, 0.1) is 25.1 Å². The van der Waals surface area contributed by atoms with Crippen molar-refractivity contribution in [2.24, 2.45) is 0 Å². The van der Waals surface area contributed by atoms with Crippen LogP contribution in [0.15, 0.2) is 76.5 Å². The Morgan fingerprint density at radius 3 is 1.81 bits per heavy atom. The first-order valence-electron chi connectivity index (χ1n) is 9.14. The van der Waals surface area contributed by atoms with Crippen molar-refractivity contribution in [1.29, 1.82) is 0 Å². The van der Waals surface area contributed by atoms with Crippen LogP contribution in [0.25, 0.3) is 11.1 Å². The molecule has 0 spiro atoms. The molecule has 1 fully saturated rings. The van der Waals surface area contributed by atoms with Gasteiger partial charge in [0.15, 0.2) is 9.84 Å². The van der Waals surface area contributed by atoms with Crippen LogP contribution in [-0.4, -0.2) is 39.5 Å². The fourth-order valence-corrected chi connectivity index (χ4v) is 7.05. The van der Waals surface area contributed by atoms with Crippen LogP contribution in [0.5, 0.6) is 0 Å². The van der Waals surface area contributed by atoms with Crippen molar-refractivity contribution in [2.45, 2.75) is 15.0 Å². The molecule has 3 aromatic carbocycles. The molecule has 0 aliphatic carbocycles. The van der Waals surface area contributed by atoms with E-state index in [-0.39, 0.29) is 22.9 Å². The van der Waals surface area contributed by atoms with E-state index in [1.54, 1.807) is 30.3 Å². The summed E-state index contributed by atoms with van der Waals surface area (Å²) in [5.41, 5.74) is 1.58. The molecule has 0 bridgehead atoms. The molecule has 0 unspecified atom stereocenters. The van der Waals surface area contributed by atoms with Gasteiger partial charge in [0.2, 0.25) is 10.0 Å². The van der Waals surface area contributed by atoms with Crippen LogP contribution < -0.4 is 0 Å². The van der Waals surface area contributed by atoms with Crippen LogP contribution >= 0.6 is 34.8 Å². The van der Waals surface area contributed by atoms with E-state index >= 15 is 0 Å². The molecule has 1 heterocycles. The third-order valence-electron chi connectivity index (χ3n) is 5.14. The predicted octanol–water partition coefficient (Wildman–Crippen LogP) is 5.16. The Labute approximate surface area is 196 Å². The maximum atomic E-state index is 12.9. The molecule has 1 aliphatic rings. The average Bonchev–Trinajstić information content (AvgIpc) is 2.69. The van der Waals surface area contributed by atoms with Crippen molar-refractivity contribution in [1.82, 2.24) is 4.31 Å². The second-order valence-corrected chi connectivity index (χ2v) is 12.5. The SMILES string of the molecule is O=S(=O)(c1ccc(Cl)cc1)C1CN(S(=O)(=O)c2ccc(-c3ccc(Cl)c(Cl)c3)cc2)C1. The van der Waals surface area contributed by atoms with Crippen molar-refractivity contribution in [3.8, 4) is 11.1 Å². The number of sulfonamides is 1. The van der Waals surface area contributed by atoms with E-state index < -0.39 is 25.1 Å². The summed E-state index contributed by atoms with van der Waals surface area (Å²) in [5.74, 6) is 0. The lowest BCUT2D eigenvalue weighted by Gasteiger charge is -2.37. The molecule has 1 saturated heterocycles. The Hall–Kier alpha value is -1.61. The van der Waals surface area contributed by atoms with Crippen LogP contribution in [-0.2, 0) is 19.9 Å². The minimum absolute atomic E-state index is 0.0954. The molecule has 4 rings (SSSR count). The monoisotopic (exact) mass is 515 g/mol. The molecular weight excluding hydrogens is 501 g/mol. The van der Waals surface area contributed by atoms with E-state index in [1.165, 1.54) is 40.7 Å². The largest absolute Gasteiger partial charge is 0.243 e. The van der Waals surface area contributed by atoms with Crippen molar-refractivity contribution < 1.29 is 16.8 Å². The van der Waals surface area contributed by atoms with Gasteiger partial charge in [-0.3, -0.25) is 0 Å². The summed E-state index contributed by atoms with van der Waals surface area (Å²) in [5, 5.41) is 0.481. The minimum atomic E-state index is -3.80. The predicted molar refractivity (Wildman–Crippen MR) is 123 cm³/mol. The summed E-state index contributed by atoms with van der Waals surface area (Å²) >= 11 is 17.8. The highest BCUT2D eigenvalue weighted by Gasteiger charge is 2.44. The summed E-state index contributed by atoms with van der Waals surface area (Å²) in [6, 6.07) is 17.4. The zero-order chi connectivity index (χ0) is 22.4. The Balaban J connectivity index is 1.49. The van der Waals surface area contributed by atoms with Gasteiger partial charge in [-0.15, -0.1) is 0 Å². The number of hydrogen-bond acceptors (Lipinski definition) is 4. The molecule has 162 valence electrons. The highest BCUT2D eigenvalue weighted by Crippen LogP contribution is 2.32. The lowest BCUT2D eigenvalue weighted by molar-refractivity contribution is 0.309. The number of nitrogens with zero attached hydrogens (tertiary/aromatic N) is 1. The molecule has 1 aliphatic heterocycles. The molecule has 0 saturated carbocycles. The van der Waals surface area contributed by atoms with Gasteiger partial charge < -0.3 is 0 Å². The normalized spacial score (nSPS) is 15.6. The first-order valence-corrected chi connectivity index (χ1v) is 13.3. The maximum absolute atomic E-state index is 12.9. The van der Waals surface area contributed by atoms with E-state index in [0.717, 1.165) is 11.1 Å². The molecule has 0 atom stereocenters. The summed E-state index contributed by atoms with van der Waals surface area (Å²) < 4.78 is 52.4. The lowest BCUT2D eigenvalue weighted by Crippen LogP contribution is -2.56. The molecular formula is C21H16Cl3NO4S2. The minimum Gasteiger partial charge on any atom is -0.223 e. The molecule has 5 nitrogen and oxygen atoms in total. The zero-order valence-electron chi connectivity index (χ0n) is 15.9. The number of benzene rings is 3. The van der Waals surface area contributed by atoms with Gasteiger partial charge in [-0.25, -0.2) is 16.8 Å². The van der Waals surface area contributed by atoms with Gasteiger partial charge in [-0.2, -0.15) is 4.31 Å². The Morgan fingerprint density at radius 2 is 1.23 bits per heavy atom. The van der Waals surface area contributed by atoms with E-state index in [1.807, 2.05) is 0 Å². The first kappa shape index (κ1) is 22.6. The second-order valence-electron chi connectivity index (χ2n) is 7.10. The number of hydrogen-bond donors (Lipinski definition) is 0. The van der Waals surface area contributed by atoms with Gasteiger partial charge in [0.1, 0.15) is 0 Å². The van der Waals surface area contributed by atoms with Gasteiger partial charge in [0, 0.05) is 18.1 Å². The fraction of sp³-hybridized carbons (Fsp3) is 0.143. The molecule has 31 heavy (non-hydrogen) atoms. The van der Waals surface area contributed by atoms with E-state index in [9.17, 15) is 16.8 Å². The highest BCUT2D eigenvalue weighted by atomic mass is 35.5. The summed E-state index contributed by atoms with van der Waals surface area (Å²) in [6.45, 7) is -0.191. The van der Waals surface area contributed by atoms with Crippen LogP contribution in [0.4, 0.5) is 0 Å². The first-order chi connectivity index (χ1) is 14.6. The fourth-order valence-electron chi connectivity index (χ4n) is 3.25. The third kappa shape index (κ3) is 4.35. The third-order valence-corrected chi connectivity index (χ3v) is 10.1. The summed E-state index contributed by atoms with van der Waals surface area (Å²) in [4.78, 5) is 0.226. The molecule has 3 aromatic rings. The lowest BCUT2D eigenvalue weighted by atomic mass is 10.1. The van der Waals surface area contributed by atoms with E-state index in [4.69, 9.17) is 34.8 Å². The van der Waals surface area contributed by atoms with Gasteiger partial charge in [-0.05, 0) is 59.7 Å². The number of sulfone groups is 1. The van der Waals surface area contributed by atoms with Crippen molar-refractivity contribution in [3.63, 3.8) is 0 Å². The highest BCUT2D eigenvalue weighted by molar-refractivity contribution is 7.92. The molecule has 0 amide bonds. The molecule has 10 heteroatoms. The van der Waals surface area contributed by atoms with Crippen LogP contribution in [0.1, 0.15) is 0 Å². The summed E-state index contributed by atoms with van der Waals surface area (Å²) in [7, 11) is -7.43. The van der Waals surface area contributed by atoms with Gasteiger partial charge in [0.25, 0.3) is 0 Å². The molecule has 0 N–H and O–H groups in total. The van der Waals surface area contributed by atoms with Gasteiger partial charge >= 0.3 is 0 Å². The number of halogens is 3. The maximum Gasteiger partial charge on any atom is 0.243 e. The van der Waals surface area contributed by atoms with Crippen LogP contribution in [0, 0.1) is 0 Å². The average molecular weight is 517 g/mol. The molecule has 0 radical (unpaired) electrons. The van der Waals surface area contributed by atoms with Crippen LogP contribution in [0.3, 0.4) is 0 Å². The summed E-state index contributed by atoms with van der Waals surface area (Å²) in [6.07, 6.45) is 0. The zero-order valence-corrected chi connectivity index (χ0v) is 19.8. The van der Waals surface area contributed by atoms with Crippen molar-refractivity contribution in [2.75, 3.05) is 13.1 Å². The van der Waals surface area contributed by atoms with Crippen molar-refractivity contribution in [3.05, 3.63) is 81.8 Å². The standard InChI is InChI=1S/C21H16Cl3NO4S2/c22-16-4-8-17(9-5-16)30(26,27)19-12-25(13-19)31(28,29)18-6-1-14(2-7-18)15-3-10-20(23)21(24)11-15/h1-11,19H,12-13H2. The topological polar surface area (TPSA) is 71.5 Å². The Morgan fingerprint density at radius 1 is 0.677 bits per heavy atom. The van der Waals surface area contributed by atoms with Crippen molar-refractivity contribution >= 4 is 54.7 Å². The van der Waals surface area contributed by atoms with Crippen LogP contribution in [0.2, 0.25) is 15.1 Å². The Bertz CT molecular complexity index is 1330. The second kappa shape index (κ2) is 8.39. The smallest absolute Gasteiger partial charge is 0.223 e. The Kier molecular flexibility index (Phi) is 6.11.